The van der Waals surface area contributed by atoms with Crippen LogP contribution in [-0.4, -0.2) is 32.0 Å². The molecular weight excluding hydrogens is 102 g/mol. The third-order valence-corrected chi connectivity index (χ3v) is 0.858. The molecule has 8 heavy (non-hydrogen) atoms. The highest BCUT2D eigenvalue weighted by Gasteiger charge is 1.84. The summed E-state index contributed by atoms with van der Waals surface area (Å²) in [5, 5.41) is 1.89. The largest absolute Gasteiger partial charge is 0.281 e. The highest BCUT2D eigenvalue weighted by Crippen LogP contribution is 1.71. The Bertz CT molecular complexity index is 70.1. The van der Waals surface area contributed by atoms with E-state index in [0.29, 0.717) is 6.67 Å². The Morgan fingerprint density at radius 1 is 1.75 bits per heavy atom. The molecule has 48 valence electrons. The lowest BCUT2D eigenvalue weighted by molar-refractivity contribution is 0.270. The van der Waals surface area contributed by atoms with Gasteiger partial charge in [0.05, 0.1) is 0 Å². The van der Waals surface area contributed by atoms with Crippen molar-refractivity contribution in [1.82, 2.24) is 10.4 Å². The van der Waals surface area contributed by atoms with Crippen molar-refractivity contribution >= 4 is 6.21 Å². The second kappa shape index (κ2) is 4.74. The summed E-state index contributed by atoms with van der Waals surface area (Å²) in [6.07, 6.45) is 1.79. The van der Waals surface area contributed by atoms with Gasteiger partial charge in [-0.3, -0.25) is 10.4 Å². The van der Waals surface area contributed by atoms with E-state index < -0.39 is 0 Å². The number of hydrogen-bond acceptors (Lipinski definition) is 3. The van der Waals surface area contributed by atoms with E-state index in [1.54, 1.807) is 6.21 Å². The summed E-state index contributed by atoms with van der Waals surface area (Å²) in [5.74, 6) is 0. The van der Waals surface area contributed by atoms with Crippen molar-refractivity contribution in [2.75, 3.05) is 20.8 Å². The zero-order valence-corrected chi connectivity index (χ0v) is 5.68. The van der Waals surface area contributed by atoms with Crippen LogP contribution in [-0.2, 0) is 0 Å². The van der Waals surface area contributed by atoms with E-state index in [4.69, 9.17) is 0 Å². The van der Waals surface area contributed by atoms with Crippen LogP contribution in [0.1, 0.15) is 6.92 Å². The van der Waals surface area contributed by atoms with Gasteiger partial charge < -0.3 is 0 Å². The summed E-state index contributed by atoms with van der Waals surface area (Å²) in [4.78, 5) is 3.98. The van der Waals surface area contributed by atoms with E-state index >= 15 is 0 Å². The summed E-state index contributed by atoms with van der Waals surface area (Å²) < 4.78 is 0. The topological polar surface area (TPSA) is 27.6 Å². The van der Waals surface area contributed by atoms with Gasteiger partial charge in [0.1, 0.15) is 6.67 Å². The molecule has 3 heteroatoms. The molecule has 0 radical (unpaired) electrons. The molecule has 0 atom stereocenters. The maximum Gasteiger partial charge on any atom is 0.103 e. The SMILES string of the molecule is CC=NCN(C)NC. The first-order valence-electron chi connectivity index (χ1n) is 2.64. The fourth-order valence-electron chi connectivity index (χ4n) is 0.275. The van der Waals surface area contributed by atoms with Crippen molar-refractivity contribution in [3.8, 4) is 0 Å². The third-order valence-electron chi connectivity index (χ3n) is 0.858. The number of nitrogens with zero attached hydrogens (tertiary/aromatic N) is 2. The molecular formula is C5H13N3. The Morgan fingerprint density at radius 3 is 2.75 bits per heavy atom. The molecule has 0 rings (SSSR count). The molecule has 3 nitrogen and oxygen atoms in total. The fraction of sp³-hybridized carbons (Fsp3) is 0.800. The third kappa shape index (κ3) is 3.77. The van der Waals surface area contributed by atoms with E-state index in [2.05, 4.69) is 10.4 Å². The Labute approximate surface area is 50.4 Å². The monoisotopic (exact) mass is 115 g/mol. The smallest absolute Gasteiger partial charge is 0.103 e. The summed E-state index contributed by atoms with van der Waals surface area (Å²) >= 11 is 0. The van der Waals surface area contributed by atoms with Gasteiger partial charge in [0.15, 0.2) is 0 Å². The van der Waals surface area contributed by atoms with Crippen LogP contribution < -0.4 is 5.43 Å². The second-order valence-corrected chi connectivity index (χ2v) is 1.50. The van der Waals surface area contributed by atoms with E-state index in [1.165, 1.54) is 0 Å². The second-order valence-electron chi connectivity index (χ2n) is 1.50. The predicted molar refractivity (Wildman–Crippen MR) is 35.9 cm³/mol. The average Bonchev–Trinajstić information content (AvgIpc) is 1.83. The zero-order valence-electron chi connectivity index (χ0n) is 5.68. The fourth-order valence-corrected chi connectivity index (χ4v) is 0.275. The Hall–Kier alpha value is -0.410. The van der Waals surface area contributed by atoms with E-state index in [9.17, 15) is 0 Å². The van der Waals surface area contributed by atoms with Gasteiger partial charge in [0, 0.05) is 7.05 Å². The maximum atomic E-state index is 3.98. The number of hydrazine groups is 1. The standard InChI is InChI=1S/C5H13N3/c1-4-7-5-8(3)6-2/h4,6H,5H2,1-3H3. The molecule has 0 aromatic carbocycles. The number of aliphatic imine (C=N–C) groups is 1. The van der Waals surface area contributed by atoms with E-state index in [0.717, 1.165) is 0 Å². The molecule has 0 spiro atoms. The van der Waals surface area contributed by atoms with Gasteiger partial charge in [-0.1, -0.05) is 0 Å². The van der Waals surface area contributed by atoms with Crippen molar-refractivity contribution in [2.45, 2.75) is 6.92 Å². The van der Waals surface area contributed by atoms with Gasteiger partial charge >= 0.3 is 0 Å². The van der Waals surface area contributed by atoms with Gasteiger partial charge in [0.2, 0.25) is 0 Å². The zero-order chi connectivity index (χ0) is 6.41. The molecule has 0 heterocycles. The van der Waals surface area contributed by atoms with Crippen molar-refractivity contribution in [3.05, 3.63) is 0 Å². The van der Waals surface area contributed by atoms with E-state index in [-0.39, 0.29) is 0 Å². The molecule has 1 N–H and O–H groups in total. The molecule has 0 unspecified atom stereocenters. The summed E-state index contributed by atoms with van der Waals surface area (Å²) in [5.41, 5.74) is 2.92. The number of rotatable bonds is 3. The minimum absolute atomic E-state index is 0.715. The average molecular weight is 115 g/mol. The molecule has 0 saturated heterocycles. The van der Waals surface area contributed by atoms with Crippen LogP contribution in [0.4, 0.5) is 0 Å². The maximum absolute atomic E-state index is 3.98. The Kier molecular flexibility index (Phi) is 4.50. The van der Waals surface area contributed by atoms with Crippen LogP contribution in [0.5, 0.6) is 0 Å². The lowest BCUT2D eigenvalue weighted by atomic mass is 10.8. The Morgan fingerprint density at radius 2 is 2.38 bits per heavy atom. The van der Waals surface area contributed by atoms with Gasteiger partial charge in [0.25, 0.3) is 0 Å². The molecule has 0 aliphatic carbocycles. The molecule has 0 saturated carbocycles. The summed E-state index contributed by atoms with van der Waals surface area (Å²) in [6.45, 7) is 2.62. The van der Waals surface area contributed by atoms with Crippen LogP contribution >= 0.6 is 0 Å². The van der Waals surface area contributed by atoms with Crippen molar-refractivity contribution in [2.24, 2.45) is 4.99 Å². The number of nitrogens with one attached hydrogen (secondary N) is 1. The Balaban J connectivity index is 3.10. The molecule has 0 aliphatic rings. The van der Waals surface area contributed by atoms with Gasteiger partial charge in [-0.2, -0.15) is 0 Å². The minimum Gasteiger partial charge on any atom is -0.281 e. The van der Waals surface area contributed by atoms with Gasteiger partial charge in [-0.05, 0) is 20.2 Å². The molecule has 0 aromatic rings. The summed E-state index contributed by atoms with van der Waals surface area (Å²) in [6, 6.07) is 0. The quantitative estimate of drug-likeness (QED) is 0.417. The van der Waals surface area contributed by atoms with Crippen LogP contribution in [0, 0.1) is 0 Å². The predicted octanol–water partition coefficient (Wildman–Crippen LogP) is 0.101. The molecule has 0 amide bonds. The lowest BCUT2D eigenvalue weighted by Crippen LogP contribution is -2.30. The van der Waals surface area contributed by atoms with Crippen LogP contribution in [0.3, 0.4) is 0 Å². The first-order chi connectivity index (χ1) is 3.81. The molecule has 0 bridgehead atoms. The van der Waals surface area contributed by atoms with Gasteiger partial charge in [-0.15, -0.1) is 0 Å². The molecule has 0 aromatic heterocycles. The highest BCUT2D eigenvalue weighted by molar-refractivity contribution is 5.52. The van der Waals surface area contributed by atoms with Crippen LogP contribution in [0.2, 0.25) is 0 Å². The van der Waals surface area contributed by atoms with Crippen LogP contribution in [0.15, 0.2) is 4.99 Å². The minimum atomic E-state index is 0.715. The molecule has 0 fully saturated rings. The summed E-state index contributed by atoms with van der Waals surface area (Å²) in [7, 11) is 3.80. The molecule has 0 aliphatic heterocycles. The highest BCUT2D eigenvalue weighted by atomic mass is 15.5. The number of hydrogen-bond donors (Lipinski definition) is 1. The van der Waals surface area contributed by atoms with Crippen molar-refractivity contribution in [3.63, 3.8) is 0 Å². The first-order valence-corrected chi connectivity index (χ1v) is 2.64. The van der Waals surface area contributed by atoms with Crippen molar-refractivity contribution in [1.29, 1.82) is 0 Å². The van der Waals surface area contributed by atoms with Crippen LogP contribution in [0.25, 0.3) is 0 Å². The lowest BCUT2D eigenvalue weighted by Gasteiger charge is -2.09. The first kappa shape index (κ1) is 7.59. The normalized spacial score (nSPS) is 11.5. The van der Waals surface area contributed by atoms with E-state index in [1.807, 2.05) is 26.0 Å². The van der Waals surface area contributed by atoms with Crippen molar-refractivity contribution < 1.29 is 0 Å². The van der Waals surface area contributed by atoms with Gasteiger partial charge in [-0.25, -0.2) is 5.01 Å².